The summed E-state index contributed by atoms with van der Waals surface area (Å²) in [5.41, 5.74) is 2.82. The highest BCUT2D eigenvalue weighted by Gasteiger charge is 2.32. The first-order valence-electron chi connectivity index (χ1n) is 8.10. The fraction of sp³-hybridized carbons (Fsp3) is 0.158. The van der Waals surface area contributed by atoms with Crippen LogP contribution in [0.2, 0.25) is 5.02 Å². The van der Waals surface area contributed by atoms with Crippen LogP contribution >= 0.6 is 11.6 Å². The van der Waals surface area contributed by atoms with Crippen LogP contribution in [0.25, 0.3) is 0 Å². The van der Waals surface area contributed by atoms with Crippen molar-refractivity contribution in [1.29, 1.82) is 0 Å². The molecule has 0 saturated carbocycles. The van der Waals surface area contributed by atoms with Gasteiger partial charge in [0, 0.05) is 48.1 Å². The Hall–Kier alpha value is -2.79. The van der Waals surface area contributed by atoms with Crippen LogP contribution in [0.1, 0.15) is 17.3 Å². The molecule has 3 aromatic rings. The summed E-state index contributed by atoms with van der Waals surface area (Å²) in [6.45, 7) is 1.40. The van der Waals surface area contributed by atoms with Crippen molar-refractivity contribution in [1.82, 2.24) is 14.5 Å². The Labute approximate surface area is 150 Å². The third kappa shape index (κ3) is 3.10. The van der Waals surface area contributed by atoms with Gasteiger partial charge in [-0.1, -0.05) is 17.7 Å². The zero-order valence-electron chi connectivity index (χ0n) is 13.5. The minimum atomic E-state index is -0.147. The second kappa shape index (κ2) is 6.61. The second-order valence-electron chi connectivity index (χ2n) is 5.94. The minimum absolute atomic E-state index is 0.142. The molecular weight excluding hydrogens is 336 g/mol. The number of fused-ring (bicyclic) bond motifs is 1. The van der Waals surface area contributed by atoms with Gasteiger partial charge in [-0.3, -0.25) is 4.98 Å². The number of rotatable bonds is 2. The Balaban J connectivity index is 1.66. The van der Waals surface area contributed by atoms with Crippen molar-refractivity contribution in [3.63, 3.8) is 0 Å². The van der Waals surface area contributed by atoms with Crippen molar-refractivity contribution in [2.75, 3.05) is 11.9 Å². The van der Waals surface area contributed by atoms with Crippen LogP contribution in [0.15, 0.2) is 67.1 Å². The number of aromatic nitrogens is 2. The van der Waals surface area contributed by atoms with Crippen LogP contribution in [-0.2, 0) is 6.54 Å². The van der Waals surface area contributed by atoms with Crippen molar-refractivity contribution >= 4 is 23.3 Å². The average Bonchev–Trinajstić information content (AvgIpc) is 3.10. The van der Waals surface area contributed by atoms with Gasteiger partial charge < -0.3 is 14.8 Å². The molecule has 3 heterocycles. The van der Waals surface area contributed by atoms with Crippen molar-refractivity contribution in [2.45, 2.75) is 12.6 Å². The summed E-state index contributed by atoms with van der Waals surface area (Å²) >= 11 is 6.02. The number of carbonyl (C=O) groups is 1. The Morgan fingerprint density at radius 2 is 1.96 bits per heavy atom. The lowest BCUT2D eigenvalue weighted by Crippen LogP contribution is -2.44. The molecule has 1 atom stereocenters. The van der Waals surface area contributed by atoms with E-state index in [1.54, 1.807) is 24.5 Å². The SMILES string of the molecule is O=C(Nc1cccc(Cl)c1)N1CCn2cccc2[C@@H]1c1ccncc1. The molecular formula is C19H17ClN4O. The van der Waals surface area contributed by atoms with Crippen LogP contribution in [0.4, 0.5) is 10.5 Å². The van der Waals surface area contributed by atoms with Gasteiger partial charge in [0.15, 0.2) is 0 Å². The Kier molecular flexibility index (Phi) is 4.15. The number of nitrogens with zero attached hydrogens (tertiary/aromatic N) is 3. The molecule has 2 aromatic heterocycles. The molecule has 0 bridgehead atoms. The van der Waals surface area contributed by atoms with Gasteiger partial charge in [0.25, 0.3) is 0 Å². The highest BCUT2D eigenvalue weighted by Crippen LogP contribution is 2.32. The van der Waals surface area contributed by atoms with Gasteiger partial charge in [0.05, 0.1) is 6.04 Å². The minimum Gasteiger partial charge on any atom is -0.348 e. The molecule has 0 saturated heterocycles. The first-order valence-corrected chi connectivity index (χ1v) is 8.48. The fourth-order valence-electron chi connectivity index (χ4n) is 3.26. The number of nitrogens with one attached hydrogen (secondary N) is 1. The molecule has 1 N–H and O–H groups in total. The number of amides is 2. The van der Waals surface area contributed by atoms with E-state index >= 15 is 0 Å². The van der Waals surface area contributed by atoms with Gasteiger partial charge in [-0.05, 0) is 48.0 Å². The second-order valence-corrected chi connectivity index (χ2v) is 6.38. The van der Waals surface area contributed by atoms with E-state index in [-0.39, 0.29) is 12.1 Å². The molecule has 6 heteroatoms. The monoisotopic (exact) mass is 352 g/mol. The molecule has 0 unspecified atom stereocenters. The molecule has 25 heavy (non-hydrogen) atoms. The van der Waals surface area contributed by atoms with E-state index in [1.807, 2.05) is 35.2 Å². The van der Waals surface area contributed by atoms with E-state index in [1.165, 1.54) is 0 Å². The summed E-state index contributed by atoms with van der Waals surface area (Å²) < 4.78 is 2.19. The number of carbonyl (C=O) groups excluding carboxylic acids is 1. The lowest BCUT2D eigenvalue weighted by atomic mass is 10.0. The van der Waals surface area contributed by atoms with Crippen molar-refractivity contribution in [2.24, 2.45) is 0 Å². The third-order valence-electron chi connectivity index (χ3n) is 4.40. The number of anilines is 1. The fourth-order valence-corrected chi connectivity index (χ4v) is 3.45. The van der Waals surface area contributed by atoms with Crippen LogP contribution in [-0.4, -0.2) is 27.0 Å². The first kappa shape index (κ1) is 15.7. The molecule has 0 fully saturated rings. The van der Waals surface area contributed by atoms with Gasteiger partial charge in [0.2, 0.25) is 0 Å². The maximum atomic E-state index is 12.9. The molecule has 2 amide bonds. The summed E-state index contributed by atoms with van der Waals surface area (Å²) in [7, 11) is 0. The summed E-state index contributed by atoms with van der Waals surface area (Å²) in [6, 6.07) is 14.9. The van der Waals surface area contributed by atoms with Crippen LogP contribution in [0.3, 0.4) is 0 Å². The highest BCUT2D eigenvalue weighted by molar-refractivity contribution is 6.30. The zero-order chi connectivity index (χ0) is 17.2. The summed E-state index contributed by atoms with van der Waals surface area (Å²) in [4.78, 5) is 18.9. The predicted octanol–water partition coefficient (Wildman–Crippen LogP) is 4.17. The van der Waals surface area contributed by atoms with E-state index < -0.39 is 0 Å². The lowest BCUT2D eigenvalue weighted by Gasteiger charge is -2.37. The Morgan fingerprint density at radius 3 is 2.76 bits per heavy atom. The van der Waals surface area contributed by atoms with E-state index in [9.17, 15) is 4.79 Å². The molecule has 1 aliphatic rings. The zero-order valence-corrected chi connectivity index (χ0v) is 14.2. The number of urea groups is 1. The largest absolute Gasteiger partial charge is 0.348 e. The molecule has 1 aliphatic heterocycles. The predicted molar refractivity (Wildman–Crippen MR) is 97.7 cm³/mol. The van der Waals surface area contributed by atoms with E-state index in [0.717, 1.165) is 17.8 Å². The smallest absolute Gasteiger partial charge is 0.322 e. The maximum Gasteiger partial charge on any atom is 0.322 e. The maximum absolute atomic E-state index is 12.9. The van der Waals surface area contributed by atoms with Crippen LogP contribution in [0.5, 0.6) is 0 Å². The van der Waals surface area contributed by atoms with Crippen LogP contribution in [0, 0.1) is 0 Å². The lowest BCUT2D eigenvalue weighted by molar-refractivity contribution is 0.182. The summed E-state index contributed by atoms with van der Waals surface area (Å²) in [5.74, 6) is 0. The Bertz CT molecular complexity index is 893. The number of hydrogen-bond acceptors (Lipinski definition) is 2. The van der Waals surface area contributed by atoms with Gasteiger partial charge >= 0.3 is 6.03 Å². The number of pyridine rings is 1. The quantitative estimate of drug-likeness (QED) is 0.752. The molecule has 1 aromatic carbocycles. The topological polar surface area (TPSA) is 50.2 Å². The highest BCUT2D eigenvalue weighted by atomic mass is 35.5. The standard InChI is InChI=1S/C19H17ClN4O/c20-15-3-1-4-16(13-15)22-19(25)24-12-11-23-10-2-5-17(23)18(24)14-6-8-21-9-7-14/h1-10,13,18H,11-12H2,(H,22,25)/t18-/m0/s1. The van der Waals surface area contributed by atoms with Crippen molar-refractivity contribution in [3.8, 4) is 0 Å². The molecule has 5 nitrogen and oxygen atoms in total. The molecule has 4 rings (SSSR count). The number of hydrogen-bond donors (Lipinski definition) is 1. The summed E-state index contributed by atoms with van der Waals surface area (Å²) in [5, 5.41) is 3.55. The van der Waals surface area contributed by atoms with Gasteiger partial charge in [-0.25, -0.2) is 4.79 Å². The van der Waals surface area contributed by atoms with Gasteiger partial charge in [-0.15, -0.1) is 0 Å². The van der Waals surface area contributed by atoms with Gasteiger partial charge in [0.1, 0.15) is 0 Å². The molecule has 0 aliphatic carbocycles. The molecule has 0 radical (unpaired) electrons. The number of halogens is 1. The summed E-state index contributed by atoms with van der Waals surface area (Å²) in [6.07, 6.45) is 5.56. The molecule has 0 spiro atoms. The first-order chi connectivity index (χ1) is 12.2. The average molecular weight is 353 g/mol. The molecule has 126 valence electrons. The van der Waals surface area contributed by atoms with Crippen LogP contribution < -0.4 is 5.32 Å². The number of benzene rings is 1. The van der Waals surface area contributed by atoms with E-state index in [2.05, 4.69) is 27.1 Å². The Morgan fingerprint density at radius 1 is 1.12 bits per heavy atom. The third-order valence-corrected chi connectivity index (χ3v) is 4.63. The van der Waals surface area contributed by atoms with E-state index in [4.69, 9.17) is 11.6 Å². The normalized spacial score (nSPS) is 16.4. The van der Waals surface area contributed by atoms with E-state index in [0.29, 0.717) is 17.3 Å². The van der Waals surface area contributed by atoms with Crippen molar-refractivity contribution in [3.05, 3.63) is 83.4 Å². The van der Waals surface area contributed by atoms with Crippen molar-refractivity contribution < 1.29 is 4.79 Å². The van der Waals surface area contributed by atoms with Gasteiger partial charge in [-0.2, -0.15) is 0 Å².